The number of H-pyrrole nitrogens is 1. The van der Waals surface area contributed by atoms with Crippen LogP contribution in [0.4, 0.5) is 0 Å². The van der Waals surface area contributed by atoms with Crippen LogP contribution in [0.5, 0.6) is 0 Å². The van der Waals surface area contributed by atoms with E-state index in [9.17, 15) is 0 Å². The van der Waals surface area contributed by atoms with Gasteiger partial charge in [-0.3, -0.25) is 4.98 Å². The standard InChI is InChI=1S/C22H26N2/c1-2-9-22(24-15-14-23-18-24)21(16-19-10-5-3-6-11-19)17-20-12-7-4-8-13-20/h3-8,10-15,18,21-22H,2,9,16-17H2,1H3/p+1. The summed E-state index contributed by atoms with van der Waals surface area (Å²) in [5, 5.41) is 0. The Kier molecular flexibility index (Phi) is 5.84. The Hall–Kier alpha value is -2.35. The van der Waals surface area contributed by atoms with Crippen molar-refractivity contribution < 1.29 is 4.57 Å². The minimum atomic E-state index is 0.515. The molecule has 124 valence electrons. The van der Waals surface area contributed by atoms with Crippen LogP contribution in [0.2, 0.25) is 0 Å². The number of hydrogen-bond donors (Lipinski definition) is 1. The fraction of sp³-hybridized carbons (Fsp3) is 0.318. The third-order valence-electron chi connectivity index (χ3n) is 4.76. The summed E-state index contributed by atoms with van der Waals surface area (Å²) in [6.45, 7) is 2.28. The molecule has 0 spiro atoms. The molecule has 0 aliphatic rings. The maximum Gasteiger partial charge on any atom is 0.241 e. The third-order valence-corrected chi connectivity index (χ3v) is 4.76. The molecular weight excluding hydrogens is 292 g/mol. The smallest absolute Gasteiger partial charge is 0.241 e. The molecule has 0 amide bonds. The average Bonchev–Trinajstić information content (AvgIpc) is 3.15. The zero-order valence-electron chi connectivity index (χ0n) is 14.4. The molecule has 3 aromatic rings. The number of aromatic amines is 1. The van der Waals surface area contributed by atoms with Gasteiger partial charge in [0, 0.05) is 5.92 Å². The van der Waals surface area contributed by atoms with E-state index < -0.39 is 0 Å². The first kappa shape index (κ1) is 16.5. The highest BCUT2D eigenvalue weighted by Gasteiger charge is 2.26. The molecule has 2 aromatic carbocycles. The topological polar surface area (TPSA) is 19.7 Å². The first-order valence-electron chi connectivity index (χ1n) is 8.98. The predicted octanol–water partition coefficient (Wildman–Crippen LogP) is 4.75. The summed E-state index contributed by atoms with van der Waals surface area (Å²) in [7, 11) is 0. The second-order valence-electron chi connectivity index (χ2n) is 6.55. The summed E-state index contributed by atoms with van der Waals surface area (Å²) in [5.74, 6) is 0.579. The maximum absolute atomic E-state index is 3.21. The number of hydrogen-bond acceptors (Lipinski definition) is 0. The molecule has 1 unspecified atom stereocenters. The van der Waals surface area contributed by atoms with Crippen molar-refractivity contribution in [3.8, 4) is 0 Å². The monoisotopic (exact) mass is 319 g/mol. The minimum Gasteiger partial charge on any atom is -0.250 e. The van der Waals surface area contributed by atoms with Gasteiger partial charge in [0.15, 0.2) is 0 Å². The van der Waals surface area contributed by atoms with Gasteiger partial charge in [-0.1, -0.05) is 74.0 Å². The Labute approximate surface area is 145 Å². The second-order valence-corrected chi connectivity index (χ2v) is 6.55. The van der Waals surface area contributed by atoms with Crippen LogP contribution in [0.3, 0.4) is 0 Å². The maximum atomic E-state index is 3.21. The van der Waals surface area contributed by atoms with Gasteiger partial charge in [-0.25, -0.2) is 4.57 Å². The predicted molar refractivity (Wildman–Crippen MR) is 98.7 cm³/mol. The lowest BCUT2D eigenvalue weighted by Gasteiger charge is -2.25. The normalized spacial score (nSPS) is 12.4. The Morgan fingerprint density at radius 1 is 0.875 bits per heavy atom. The summed E-state index contributed by atoms with van der Waals surface area (Å²) in [5.41, 5.74) is 2.85. The van der Waals surface area contributed by atoms with Crippen LogP contribution in [0.15, 0.2) is 79.4 Å². The van der Waals surface area contributed by atoms with Gasteiger partial charge in [0.05, 0.1) is 0 Å². The van der Waals surface area contributed by atoms with Crippen molar-refractivity contribution in [2.24, 2.45) is 5.92 Å². The Morgan fingerprint density at radius 3 is 1.92 bits per heavy atom. The molecule has 2 heteroatoms. The van der Waals surface area contributed by atoms with Crippen LogP contribution in [0, 0.1) is 5.92 Å². The molecule has 0 saturated carbocycles. The number of imidazole rings is 1. The van der Waals surface area contributed by atoms with E-state index in [1.807, 2.05) is 6.20 Å². The van der Waals surface area contributed by atoms with Crippen LogP contribution >= 0.6 is 0 Å². The molecule has 24 heavy (non-hydrogen) atoms. The van der Waals surface area contributed by atoms with Crippen molar-refractivity contribution in [2.75, 3.05) is 0 Å². The lowest BCUT2D eigenvalue weighted by atomic mass is 9.84. The summed E-state index contributed by atoms with van der Waals surface area (Å²) < 4.78 is 2.36. The van der Waals surface area contributed by atoms with Crippen LogP contribution in [-0.4, -0.2) is 4.98 Å². The van der Waals surface area contributed by atoms with Gasteiger partial charge in [-0.05, 0) is 30.4 Å². The highest BCUT2D eigenvalue weighted by molar-refractivity contribution is 5.18. The fourth-order valence-electron chi connectivity index (χ4n) is 3.61. The van der Waals surface area contributed by atoms with E-state index >= 15 is 0 Å². The molecule has 0 fully saturated rings. The van der Waals surface area contributed by atoms with Gasteiger partial charge in [-0.15, -0.1) is 0 Å². The van der Waals surface area contributed by atoms with Gasteiger partial charge >= 0.3 is 0 Å². The van der Waals surface area contributed by atoms with E-state index in [4.69, 9.17) is 0 Å². The lowest BCUT2D eigenvalue weighted by molar-refractivity contribution is -0.729. The Morgan fingerprint density at radius 2 is 1.46 bits per heavy atom. The largest absolute Gasteiger partial charge is 0.250 e. The minimum absolute atomic E-state index is 0.515. The van der Waals surface area contributed by atoms with Gasteiger partial charge in [-0.2, -0.15) is 0 Å². The molecule has 1 atom stereocenters. The van der Waals surface area contributed by atoms with E-state index in [-0.39, 0.29) is 0 Å². The molecule has 0 aliphatic heterocycles. The van der Waals surface area contributed by atoms with Crippen molar-refractivity contribution in [1.29, 1.82) is 0 Å². The third kappa shape index (κ3) is 4.35. The van der Waals surface area contributed by atoms with Crippen molar-refractivity contribution >= 4 is 0 Å². The molecule has 0 bridgehead atoms. The SMILES string of the molecule is CCCC(C(Cc1ccccc1)Cc1ccccc1)[n+]1cc[nH]c1. The summed E-state index contributed by atoms with van der Waals surface area (Å²) in [4.78, 5) is 3.21. The van der Waals surface area contributed by atoms with Crippen LogP contribution in [0.25, 0.3) is 0 Å². The zero-order chi connectivity index (χ0) is 16.6. The molecular formula is C22H27N2+. The first-order chi connectivity index (χ1) is 11.9. The number of rotatable bonds is 8. The molecule has 3 rings (SSSR count). The van der Waals surface area contributed by atoms with Gasteiger partial charge in [0.1, 0.15) is 18.4 Å². The van der Waals surface area contributed by atoms with Crippen LogP contribution in [-0.2, 0) is 12.8 Å². The molecule has 0 saturated heterocycles. The molecule has 0 aliphatic carbocycles. The van der Waals surface area contributed by atoms with E-state index in [1.54, 1.807) is 0 Å². The highest BCUT2D eigenvalue weighted by Crippen LogP contribution is 2.26. The van der Waals surface area contributed by atoms with E-state index in [2.05, 4.69) is 89.7 Å². The quantitative estimate of drug-likeness (QED) is 0.578. The number of nitrogens with one attached hydrogen (secondary N) is 1. The summed E-state index contributed by atoms with van der Waals surface area (Å²) >= 11 is 0. The molecule has 2 nitrogen and oxygen atoms in total. The van der Waals surface area contributed by atoms with Crippen molar-refractivity contribution in [3.05, 3.63) is 90.5 Å². The van der Waals surface area contributed by atoms with Gasteiger partial charge in [0.2, 0.25) is 6.33 Å². The summed E-state index contributed by atoms with van der Waals surface area (Å²) in [6, 6.07) is 22.3. The van der Waals surface area contributed by atoms with E-state index in [0.29, 0.717) is 12.0 Å². The fourth-order valence-corrected chi connectivity index (χ4v) is 3.61. The van der Waals surface area contributed by atoms with E-state index in [0.717, 1.165) is 12.8 Å². The van der Waals surface area contributed by atoms with Crippen LogP contribution in [0.1, 0.15) is 36.9 Å². The summed E-state index contributed by atoms with van der Waals surface area (Å²) in [6.07, 6.45) is 10.9. The van der Waals surface area contributed by atoms with Crippen LogP contribution < -0.4 is 4.57 Å². The first-order valence-corrected chi connectivity index (χ1v) is 8.98. The average molecular weight is 319 g/mol. The Bertz CT molecular complexity index is 648. The Balaban J connectivity index is 1.87. The number of benzene rings is 2. The molecule has 1 aromatic heterocycles. The second kappa shape index (κ2) is 8.49. The lowest BCUT2D eigenvalue weighted by Crippen LogP contribution is -2.43. The molecule has 1 N–H and O–H groups in total. The van der Waals surface area contributed by atoms with Gasteiger partial charge < -0.3 is 0 Å². The van der Waals surface area contributed by atoms with Crippen molar-refractivity contribution in [2.45, 2.75) is 38.6 Å². The van der Waals surface area contributed by atoms with Crippen molar-refractivity contribution in [1.82, 2.24) is 4.98 Å². The molecule has 1 heterocycles. The number of aromatic nitrogens is 2. The van der Waals surface area contributed by atoms with Gasteiger partial charge in [0.25, 0.3) is 0 Å². The molecule has 0 radical (unpaired) electrons. The highest BCUT2D eigenvalue weighted by atomic mass is 15.1. The van der Waals surface area contributed by atoms with E-state index in [1.165, 1.54) is 24.0 Å². The number of nitrogens with zero attached hydrogens (tertiary/aromatic N) is 1. The van der Waals surface area contributed by atoms with Crippen molar-refractivity contribution in [3.63, 3.8) is 0 Å². The zero-order valence-corrected chi connectivity index (χ0v) is 14.4.